The van der Waals surface area contributed by atoms with E-state index in [4.69, 9.17) is 50.3 Å². The zero-order valence-electron chi connectivity index (χ0n) is 29.8. The first-order valence-corrected chi connectivity index (χ1v) is 18.4. The Kier molecular flexibility index (Phi) is 10.6. The summed E-state index contributed by atoms with van der Waals surface area (Å²) in [7, 11) is 3.35. The van der Waals surface area contributed by atoms with Crippen molar-refractivity contribution in [3.63, 3.8) is 0 Å². The number of aromatic amines is 1. The Hall–Kier alpha value is -3.65. The molecule has 0 bridgehead atoms. The van der Waals surface area contributed by atoms with Crippen molar-refractivity contribution in [2.24, 2.45) is 5.41 Å². The normalized spacial score (nSPS) is 25.1. The van der Waals surface area contributed by atoms with E-state index in [1.807, 2.05) is 14.0 Å². The van der Waals surface area contributed by atoms with E-state index in [9.17, 15) is 0 Å². The Labute approximate surface area is 302 Å². The number of ether oxygens (including phenoxy) is 4. The van der Waals surface area contributed by atoms with Gasteiger partial charge in [0.15, 0.2) is 5.82 Å². The Bertz CT molecular complexity index is 1880. The minimum atomic E-state index is -0.586. The molecule has 0 radical (unpaired) electrons. The van der Waals surface area contributed by atoms with E-state index < -0.39 is 5.82 Å². The van der Waals surface area contributed by atoms with Crippen LogP contribution in [0.4, 0.5) is 10.2 Å². The van der Waals surface area contributed by atoms with Crippen LogP contribution in [0.2, 0.25) is 5.02 Å². The summed E-state index contributed by atoms with van der Waals surface area (Å²) in [4.78, 5) is 28.2. The quantitative estimate of drug-likeness (QED) is 0.206. The van der Waals surface area contributed by atoms with E-state index in [1.165, 1.54) is 20.5 Å². The molecular formula is C37H47ClFN7O5. The average molecular weight is 724 g/mol. The Balaban J connectivity index is 0.00000131. The summed E-state index contributed by atoms with van der Waals surface area (Å²) >= 11 is 6.62. The van der Waals surface area contributed by atoms with Crippen LogP contribution in [0.3, 0.4) is 0 Å². The number of methoxy groups -OCH3 is 2. The number of halogens is 2. The van der Waals surface area contributed by atoms with Gasteiger partial charge in [-0.25, -0.2) is 9.37 Å². The molecule has 274 valence electrons. The number of anilines is 1. The van der Waals surface area contributed by atoms with Crippen LogP contribution in [0.1, 0.15) is 63.9 Å². The van der Waals surface area contributed by atoms with Crippen LogP contribution in [0.15, 0.2) is 12.3 Å². The van der Waals surface area contributed by atoms with Crippen molar-refractivity contribution < 1.29 is 28.1 Å². The zero-order chi connectivity index (χ0) is 35.7. The van der Waals surface area contributed by atoms with Crippen LogP contribution in [0.5, 0.6) is 11.9 Å². The van der Waals surface area contributed by atoms with Gasteiger partial charge in [-0.3, -0.25) is 10.00 Å². The number of nitrogens with one attached hydrogen (secondary N) is 1. The van der Waals surface area contributed by atoms with Gasteiger partial charge in [0.2, 0.25) is 5.88 Å². The van der Waals surface area contributed by atoms with Crippen LogP contribution in [0.25, 0.3) is 33.1 Å². The third kappa shape index (κ3) is 6.62. The van der Waals surface area contributed by atoms with E-state index in [1.54, 1.807) is 12.3 Å². The van der Waals surface area contributed by atoms with Gasteiger partial charge in [0.05, 0.1) is 38.1 Å². The van der Waals surface area contributed by atoms with Crippen molar-refractivity contribution in [3.8, 4) is 23.1 Å². The highest BCUT2D eigenvalue weighted by Crippen LogP contribution is 2.50. The number of nitrogens with zero attached hydrogens (tertiary/aromatic N) is 6. The molecule has 2 aliphatic carbocycles. The van der Waals surface area contributed by atoms with Crippen LogP contribution in [0, 0.1) is 18.2 Å². The summed E-state index contributed by atoms with van der Waals surface area (Å²) in [5.41, 5.74) is 2.11. The second kappa shape index (κ2) is 15.1. The molecule has 8 rings (SSSR count). The van der Waals surface area contributed by atoms with Crippen molar-refractivity contribution in [2.75, 3.05) is 58.6 Å². The second-order valence-corrected chi connectivity index (χ2v) is 14.5. The number of fused-ring (bicyclic) bond motifs is 3. The molecule has 2 aliphatic heterocycles. The Morgan fingerprint density at radius 3 is 2.71 bits per heavy atom. The number of aldehydes is 1. The van der Waals surface area contributed by atoms with E-state index in [2.05, 4.69) is 20.0 Å². The third-order valence-electron chi connectivity index (χ3n) is 11.3. The number of piperidine rings is 1. The number of pyridine rings is 1. The first-order chi connectivity index (χ1) is 24.8. The Morgan fingerprint density at radius 2 is 1.92 bits per heavy atom. The molecule has 2 saturated carbocycles. The molecule has 2 saturated heterocycles. The molecule has 4 aromatic rings. The van der Waals surface area contributed by atoms with Crippen LogP contribution >= 0.6 is 11.6 Å². The van der Waals surface area contributed by atoms with Gasteiger partial charge in [0.1, 0.15) is 28.7 Å². The number of likely N-dealkylation sites (tertiary alicyclic amines) is 1. The lowest BCUT2D eigenvalue weighted by Crippen LogP contribution is -2.59. The molecule has 2 unspecified atom stereocenters. The second-order valence-electron chi connectivity index (χ2n) is 14.1. The van der Waals surface area contributed by atoms with E-state index in [-0.39, 0.29) is 28.5 Å². The molecule has 4 aliphatic rings. The highest BCUT2D eigenvalue weighted by molar-refractivity contribution is 6.33. The van der Waals surface area contributed by atoms with Gasteiger partial charge in [-0.15, -0.1) is 0 Å². The van der Waals surface area contributed by atoms with Gasteiger partial charge in [0, 0.05) is 60.3 Å². The zero-order valence-corrected chi connectivity index (χ0v) is 30.6. The largest absolute Gasteiger partial charge is 0.480 e. The number of carbonyl (C=O) groups is 1. The molecule has 5 heterocycles. The summed E-state index contributed by atoms with van der Waals surface area (Å²) in [5.74, 6) is 0.186. The molecule has 12 nitrogen and oxygen atoms in total. The lowest BCUT2D eigenvalue weighted by Gasteiger charge is -2.53. The summed E-state index contributed by atoms with van der Waals surface area (Å²) in [6, 6.07) is 2.97. The van der Waals surface area contributed by atoms with Gasteiger partial charge in [-0.05, 0) is 77.0 Å². The Morgan fingerprint density at radius 1 is 1.12 bits per heavy atom. The SMILES string of the molecule is CC=O.COc1nc(-c2c(C)c(Cl)cc3[nH]ncc23)c(F)c2nc(OCC34CCCC3N(C3CC(OC)C3)CCC4)nc(N3CCCOCC3)c12. The highest BCUT2D eigenvalue weighted by Gasteiger charge is 2.51. The van der Waals surface area contributed by atoms with Gasteiger partial charge >= 0.3 is 6.01 Å². The number of H-pyrrole nitrogens is 1. The number of hydrogen-bond donors (Lipinski definition) is 1. The number of hydrogen-bond acceptors (Lipinski definition) is 11. The van der Waals surface area contributed by atoms with Crippen molar-refractivity contribution in [2.45, 2.75) is 83.4 Å². The topological polar surface area (TPSA) is 128 Å². The van der Waals surface area contributed by atoms with Crippen molar-refractivity contribution in [3.05, 3.63) is 28.7 Å². The maximum atomic E-state index is 17.1. The first kappa shape index (κ1) is 35.7. The molecule has 3 aromatic heterocycles. The van der Waals surface area contributed by atoms with E-state index >= 15 is 4.39 Å². The number of aromatic nitrogens is 5. The fourth-order valence-electron chi connectivity index (χ4n) is 8.72. The molecule has 0 spiro atoms. The van der Waals surface area contributed by atoms with Crippen LogP contribution < -0.4 is 14.4 Å². The summed E-state index contributed by atoms with van der Waals surface area (Å²) in [6.07, 6.45) is 11.4. The standard InChI is InChI=1S/C35H43ClFN7O4.C2H4O/c1-20-24(36)17-25-23(18-38-42-25)27(20)30-29(37)31-28(33(39-30)46-3)32(43-10-6-13-47-14-12-43)41-34(40-31)48-19-35-8-4-7-26(35)44(11-5-9-35)21-15-22(16-21)45-2;1-2-3/h17-18,21-22,26H,4-16,19H2,1-3H3,(H,38,42);2H,1H3. The fourth-order valence-corrected chi connectivity index (χ4v) is 8.92. The lowest BCUT2D eigenvalue weighted by molar-refractivity contribution is -0.106. The first-order valence-electron chi connectivity index (χ1n) is 18.0. The molecule has 4 fully saturated rings. The third-order valence-corrected chi connectivity index (χ3v) is 11.7. The molecule has 51 heavy (non-hydrogen) atoms. The average Bonchev–Trinajstić information content (AvgIpc) is 3.67. The molecular weight excluding hydrogens is 677 g/mol. The van der Waals surface area contributed by atoms with Gasteiger partial charge in [-0.1, -0.05) is 18.0 Å². The molecule has 1 aromatic carbocycles. The minimum Gasteiger partial charge on any atom is -0.480 e. The van der Waals surface area contributed by atoms with E-state index in [0.717, 1.165) is 57.8 Å². The van der Waals surface area contributed by atoms with Crippen LogP contribution in [-0.2, 0) is 14.3 Å². The predicted octanol–water partition coefficient (Wildman–Crippen LogP) is 6.30. The number of rotatable bonds is 8. The maximum absolute atomic E-state index is 17.1. The van der Waals surface area contributed by atoms with E-state index in [0.29, 0.717) is 89.4 Å². The van der Waals surface area contributed by atoms with Crippen molar-refractivity contribution >= 4 is 45.5 Å². The van der Waals surface area contributed by atoms with Gasteiger partial charge in [0.25, 0.3) is 0 Å². The molecule has 1 N–H and O–H groups in total. The fraction of sp³-hybridized carbons (Fsp3) is 0.595. The van der Waals surface area contributed by atoms with Crippen LogP contribution in [-0.4, -0.2) is 108 Å². The lowest BCUT2D eigenvalue weighted by atomic mass is 9.73. The number of carbonyl (C=O) groups excluding carboxylic acids is 1. The van der Waals surface area contributed by atoms with Gasteiger partial charge in [-0.2, -0.15) is 15.1 Å². The van der Waals surface area contributed by atoms with Gasteiger partial charge < -0.3 is 28.6 Å². The highest BCUT2D eigenvalue weighted by atomic mass is 35.5. The molecule has 2 atom stereocenters. The predicted molar refractivity (Wildman–Crippen MR) is 193 cm³/mol. The monoisotopic (exact) mass is 723 g/mol. The summed E-state index contributed by atoms with van der Waals surface area (Å²) in [5, 5.41) is 8.73. The number of benzene rings is 1. The molecule has 14 heteroatoms. The van der Waals surface area contributed by atoms with Crippen molar-refractivity contribution in [1.29, 1.82) is 0 Å². The maximum Gasteiger partial charge on any atom is 0.319 e. The summed E-state index contributed by atoms with van der Waals surface area (Å²) in [6.45, 7) is 7.36. The summed E-state index contributed by atoms with van der Waals surface area (Å²) < 4.78 is 40.9. The van der Waals surface area contributed by atoms with Crippen molar-refractivity contribution in [1.82, 2.24) is 30.0 Å². The molecule has 0 amide bonds. The smallest absolute Gasteiger partial charge is 0.319 e. The minimum absolute atomic E-state index is 0.00968.